The van der Waals surface area contributed by atoms with Crippen LogP contribution in [0.15, 0.2) is 121 Å². The lowest BCUT2D eigenvalue weighted by atomic mass is 9.76. The number of fused-ring (bicyclic) bond motifs is 2. The van der Waals surface area contributed by atoms with E-state index in [1.807, 2.05) is 97.1 Å². The van der Waals surface area contributed by atoms with E-state index < -0.39 is 0 Å². The number of allylic oxidation sites excluding steroid dienone is 2. The van der Waals surface area contributed by atoms with E-state index >= 15 is 0 Å². The maximum Gasteiger partial charge on any atom is 0.178 e. The molecule has 0 N–H and O–H groups in total. The van der Waals surface area contributed by atoms with Gasteiger partial charge in [-0.25, -0.2) is 0 Å². The summed E-state index contributed by atoms with van der Waals surface area (Å²) >= 11 is 0. The van der Waals surface area contributed by atoms with Crippen molar-refractivity contribution in [1.82, 2.24) is 0 Å². The highest BCUT2D eigenvalue weighted by molar-refractivity contribution is 6.04. The quantitative estimate of drug-likeness (QED) is 0.297. The number of benzene rings is 4. The minimum atomic E-state index is -0.0114. The van der Waals surface area contributed by atoms with Crippen molar-refractivity contribution >= 4 is 17.9 Å². The summed E-state index contributed by atoms with van der Waals surface area (Å²) in [6.07, 6.45) is 6.79. The highest BCUT2D eigenvalue weighted by atomic mass is 16.5. The maximum atomic E-state index is 11.6. The van der Waals surface area contributed by atoms with Crippen LogP contribution in [0.1, 0.15) is 36.1 Å². The Labute approximate surface area is 201 Å². The Morgan fingerprint density at radius 1 is 0.588 bits per heavy atom. The van der Waals surface area contributed by atoms with Crippen molar-refractivity contribution in [2.75, 3.05) is 0 Å². The van der Waals surface area contributed by atoms with Crippen molar-refractivity contribution in [2.24, 2.45) is 0 Å². The zero-order valence-corrected chi connectivity index (χ0v) is 19.5. The molecular formula is C32H28O2. The number of ketones is 1. The van der Waals surface area contributed by atoms with E-state index in [2.05, 4.69) is 38.1 Å². The lowest BCUT2D eigenvalue weighted by Crippen LogP contribution is -2.23. The van der Waals surface area contributed by atoms with Crippen molar-refractivity contribution in [3.8, 4) is 11.5 Å². The fourth-order valence-electron chi connectivity index (χ4n) is 3.95. The average Bonchev–Trinajstić information content (AvgIpc) is 2.88. The van der Waals surface area contributed by atoms with Crippen LogP contribution in [-0.2, 0) is 10.2 Å². The Morgan fingerprint density at radius 3 is 1.41 bits per heavy atom. The van der Waals surface area contributed by atoms with Crippen LogP contribution >= 0.6 is 0 Å². The van der Waals surface area contributed by atoms with Crippen molar-refractivity contribution in [3.05, 3.63) is 144 Å². The molecule has 34 heavy (non-hydrogen) atoms. The first-order chi connectivity index (χ1) is 16.5. The molecule has 0 bridgehead atoms. The minimum Gasteiger partial charge on any atom is -0.457 e. The summed E-state index contributed by atoms with van der Waals surface area (Å²) in [4.78, 5) is 11.6. The Kier molecular flexibility index (Phi) is 7.19. The van der Waals surface area contributed by atoms with Crippen LogP contribution in [0.25, 0.3) is 12.2 Å². The molecule has 5 rings (SSSR count). The molecule has 1 aliphatic heterocycles. The number of hydrogen-bond donors (Lipinski definition) is 0. The van der Waals surface area contributed by atoms with Crippen LogP contribution in [0.2, 0.25) is 0 Å². The van der Waals surface area contributed by atoms with Crippen molar-refractivity contribution in [3.63, 3.8) is 0 Å². The Balaban J connectivity index is 0.000000162. The molecule has 1 heterocycles. The molecule has 0 spiro atoms. The van der Waals surface area contributed by atoms with Gasteiger partial charge in [-0.15, -0.1) is 0 Å². The molecule has 0 aromatic heterocycles. The van der Waals surface area contributed by atoms with Gasteiger partial charge in [-0.05, 0) is 35.4 Å². The van der Waals surface area contributed by atoms with Gasteiger partial charge in [0, 0.05) is 16.5 Å². The summed E-state index contributed by atoms with van der Waals surface area (Å²) < 4.78 is 5.91. The van der Waals surface area contributed by atoms with E-state index in [0.29, 0.717) is 0 Å². The van der Waals surface area contributed by atoms with Gasteiger partial charge in [0.25, 0.3) is 0 Å². The van der Waals surface area contributed by atoms with Gasteiger partial charge in [0.1, 0.15) is 11.5 Å². The summed E-state index contributed by atoms with van der Waals surface area (Å²) in [6.45, 7) is 4.49. The summed E-state index contributed by atoms with van der Waals surface area (Å²) in [5, 5.41) is 0. The summed E-state index contributed by atoms with van der Waals surface area (Å²) in [6, 6.07) is 36.1. The number of carbonyl (C=O) groups is 1. The summed E-state index contributed by atoms with van der Waals surface area (Å²) in [7, 11) is 0. The number of para-hydroxylation sites is 2. The van der Waals surface area contributed by atoms with E-state index in [4.69, 9.17) is 4.74 Å². The van der Waals surface area contributed by atoms with Crippen molar-refractivity contribution < 1.29 is 9.53 Å². The van der Waals surface area contributed by atoms with Crippen molar-refractivity contribution in [1.29, 1.82) is 0 Å². The van der Waals surface area contributed by atoms with Crippen molar-refractivity contribution in [2.45, 2.75) is 19.3 Å². The topological polar surface area (TPSA) is 26.3 Å². The molecule has 2 heteroatoms. The molecule has 0 saturated heterocycles. The highest BCUT2D eigenvalue weighted by Crippen LogP contribution is 2.47. The monoisotopic (exact) mass is 444 g/mol. The van der Waals surface area contributed by atoms with Crippen LogP contribution in [0.5, 0.6) is 11.5 Å². The van der Waals surface area contributed by atoms with E-state index in [-0.39, 0.29) is 11.2 Å². The molecule has 0 aliphatic carbocycles. The molecule has 0 unspecified atom stereocenters. The second-order valence-corrected chi connectivity index (χ2v) is 8.61. The van der Waals surface area contributed by atoms with Gasteiger partial charge in [-0.1, -0.05) is 123 Å². The van der Waals surface area contributed by atoms with Gasteiger partial charge in [0.05, 0.1) is 0 Å². The van der Waals surface area contributed by atoms with Gasteiger partial charge in [-0.2, -0.15) is 0 Å². The average molecular weight is 445 g/mol. The molecule has 0 radical (unpaired) electrons. The van der Waals surface area contributed by atoms with E-state index in [1.54, 1.807) is 12.2 Å². The SMILES string of the molecule is CC1(C)c2ccccc2Oc2ccccc21.O=C(C=Cc1ccccc1)C=Cc1ccccc1. The molecule has 0 fully saturated rings. The zero-order valence-electron chi connectivity index (χ0n) is 19.5. The smallest absolute Gasteiger partial charge is 0.178 e. The summed E-state index contributed by atoms with van der Waals surface area (Å²) in [5.41, 5.74) is 4.59. The fraction of sp³-hybridized carbons (Fsp3) is 0.0938. The van der Waals surface area contributed by atoms with Crippen LogP contribution in [0, 0.1) is 0 Å². The van der Waals surface area contributed by atoms with Gasteiger partial charge < -0.3 is 4.74 Å². The highest BCUT2D eigenvalue weighted by Gasteiger charge is 2.33. The van der Waals surface area contributed by atoms with Gasteiger partial charge in [0.2, 0.25) is 0 Å². The van der Waals surface area contributed by atoms with E-state index in [0.717, 1.165) is 22.6 Å². The number of hydrogen-bond acceptors (Lipinski definition) is 2. The van der Waals surface area contributed by atoms with Crippen LogP contribution in [0.3, 0.4) is 0 Å². The lowest BCUT2D eigenvalue weighted by molar-refractivity contribution is -0.110. The molecule has 4 aromatic rings. The first-order valence-corrected chi connectivity index (χ1v) is 11.4. The lowest BCUT2D eigenvalue weighted by Gasteiger charge is -2.34. The second kappa shape index (κ2) is 10.6. The molecule has 0 saturated carbocycles. The largest absolute Gasteiger partial charge is 0.457 e. The fourth-order valence-corrected chi connectivity index (χ4v) is 3.95. The predicted molar refractivity (Wildman–Crippen MR) is 141 cm³/mol. The Bertz CT molecular complexity index is 1200. The first-order valence-electron chi connectivity index (χ1n) is 11.4. The van der Waals surface area contributed by atoms with Gasteiger partial charge in [0.15, 0.2) is 5.78 Å². The molecule has 2 nitrogen and oxygen atoms in total. The molecular weight excluding hydrogens is 416 g/mol. The molecule has 168 valence electrons. The summed E-state index contributed by atoms with van der Waals surface area (Å²) in [5.74, 6) is 1.94. The van der Waals surface area contributed by atoms with E-state index in [1.165, 1.54) is 11.1 Å². The molecule has 0 amide bonds. The Morgan fingerprint density at radius 2 is 0.971 bits per heavy atom. The standard InChI is InChI=1S/C17H14O.C15H14O/c18-17(13-11-15-7-3-1-4-8-15)14-12-16-9-5-2-6-10-16;1-15(2)11-7-3-5-9-13(11)16-14-10-6-4-8-12(14)15/h1-14H;3-10H,1-2H3. The number of ether oxygens (including phenoxy) is 1. The van der Waals surface area contributed by atoms with Gasteiger partial charge in [-0.3, -0.25) is 4.79 Å². The predicted octanol–water partition coefficient (Wildman–Crippen LogP) is 8.10. The second-order valence-electron chi connectivity index (χ2n) is 8.61. The third-order valence-corrected chi connectivity index (χ3v) is 5.82. The third kappa shape index (κ3) is 5.60. The van der Waals surface area contributed by atoms with Crippen LogP contribution in [0.4, 0.5) is 0 Å². The maximum absolute atomic E-state index is 11.6. The van der Waals surface area contributed by atoms with E-state index in [9.17, 15) is 4.79 Å². The number of carbonyl (C=O) groups excluding carboxylic acids is 1. The first kappa shape index (κ1) is 23.0. The van der Waals surface area contributed by atoms with Gasteiger partial charge >= 0.3 is 0 Å². The molecule has 1 aliphatic rings. The van der Waals surface area contributed by atoms with Crippen LogP contribution in [-0.4, -0.2) is 5.78 Å². The van der Waals surface area contributed by atoms with Crippen LogP contribution < -0.4 is 4.74 Å². The zero-order chi connectivity index (χ0) is 23.8. The normalized spacial score (nSPS) is 13.4. The third-order valence-electron chi connectivity index (χ3n) is 5.82. The number of rotatable bonds is 4. The minimum absolute atomic E-state index is 0.0114. The Hall–Kier alpha value is -4.17. The molecule has 4 aromatic carbocycles. The molecule has 0 atom stereocenters.